The molecule has 6 nitrogen and oxygen atoms in total. The maximum Gasteiger partial charge on any atom is 0.356 e. The molecule has 4 N–H and O–H groups in total. The highest BCUT2D eigenvalue weighted by Crippen LogP contribution is 2.40. The number of aliphatic hydroxyl groups excluding tert-OH is 2. The molecule has 0 aliphatic carbocycles. The summed E-state index contributed by atoms with van der Waals surface area (Å²) in [5.41, 5.74) is 0. The number of aliphatic hydroxyl groups is 2. The van der Waals surface area contributed by atoms with E-state index in [2.05, 4.69) is 0 Å². The van der Waals surface area contributed by atoms with Crippen LogP contribution in [0.2, 0.25) is 0 Å². The molecule has 0 rings (SSSR count). The molecule has 0 aliphatic heterocycles. The largest absolute Gasteiger partial charge is 0.381 e. The quantitative estimate of drug-likeness (QED) is 0.361. The molecule has 0 aromatic rings. The zero-order chi connectivity index (χ0) is 8.36. The van der Waals surface area contributed by atoms with E-state index in [1.165, 1.54) is 0 Å². The summed E-state index contributed by atoms with van der Waals surface area (Å²) in [4.78, 5) is 25.7. The molecule has 0 aromatic heterocycles. The molecule has 2 atom stereocenters. The van der Waals surface area contributed by atoms with E-state index in [4.69, 9.17) is 20.0 Å². The Bertz CT molecular complexity index is 160. The van der Waals surface area contributed by atoms with E-state index in [1.54, 1.807) is 0 Å². The Kier molecular flexibility index (Phi) is 3.14. The average molecular weight is 169 g/mol. The van der Waals surface area contributed by atoms with Crippen molar-refractivity contribution >= 4 is 13.9 Å². The van der Waals surface area contributed by atoms with Crippen LogP contribution in [0.4, 0.5) is 0 Å². The Balaban J connectivity index is 4.21. The number of hydrogen-bond donors (Lipinski definition) is 4. The highest BCUT2D eigenvalue weighted by molar-refractivity contribution is 7.52. The third kappa shape index (κ3) is 2.55. The van der Waals surface area contributed by atoms with Crippen molar-refractivity contribution in [2.24, 2.45) is 0 Å². The zero-order valence-electron chi connectivity index (χ0n) is 4.71. The third-order valence-corrected chi connectivity index (χ3v) is 1.72. The molecule has 1 radical (unpaired) electrons. The summed E-state index contributed by atoms with van der Waals surface area (Å²) in [5.74, 6) is -2.37. The normalized spacial score (nSPS) is 18.0. The van der Waals surface area contributed by atoms with Crippen LogP contribution in [0.3, 0.4) is 0 Å². The molecule has 0 aromatic carbocycles. The lowest BCUT2D eigenvalue weighted by molar-refractivity contribution is 0.0912. The van der Waals surface area contributed by atoms with E-state index in [1.807, 2.05) is 0 Å². The molecule has 7 heteroatoms. The molecule has 2 unspecified atom stereocenters. The zero-order valence-corrected chi connectivity index (χ0v) is 5.60. The molecular weight excluding hydrogens is 163 g/mol. The second-order valence-corrected chi connectivity index (χ2v) is 3.27. The summed E-state index contributed by atoms with van der Waals surface area (Å²) in [6.07, 6.45) is -1.32. The van der Waals surface area contributed by atoms with Gasteiger partial charge in [-0.05, 0) is 0 Å². The van der Waals surface area contributed by atoms with Crippen molar-refractivity contribution in [3.63, 3.8) is 0 Å². The van der Waals surface area contributed by atoms with Crippen LogP contribution >= 0.6 is 7.60 Å². The molecular formula is C3H6O6P. The van der Waals surface area contributed by atoms with E-state index in [9.17, 15) is 9.36 Å². The lowest BCUT2D eigenvalue weighted by Gasteiger charge is -2.12. The van der Waals surface area contributed by atoms with Crippen LogP contribution in [-0.4, -0.2) is 38.2 Å². The van der Waals surface area contributed by atoms with E-state index in [-0.39, 0.29) is 0 Å². The summed E-state index contributed by atoms with van der Waals surface area (Å²) < 4.78 is 10.0. The Morgan fingerprint density at radius 3 is 1.80 bits per heavy atom. The average Bonchev–Trinajstić information content (AvgIpc) is 1.83. The summed E-state index contributed by atoms with van der Waals surface area (Å²) >= 11 is 0. The van der Waals surface area contributed by atoms with Gasteiger partial charge in [0.15, 0.2) is 11.9 Å². The van der Waals surface area contributed by atoms with Crippen molar-refractivity contribution in [3.8, 4) is 0 Å². The van der Waals surface area contributed by atoms with Crippen molar-refractivity contribution in [2.45, 2.75) is 11.9 Å². The van der Waals surface area contributed by atoms with Gasteiger partial charge < -0.3 is 20.0 Å². The van der Waals surface area contributed by atoms with Crippen LogP contribution in [0.5, 0.6) is 0 Å². The van der Waals surface area contributed by atoms with Crippen molar-refractivity contribution < 1.29 is 29.4 Å². The fourth-order valence-corrected chi connectivity index (χ4v) is 0.674. The van der Waals surface area contributed by atoms with Gasteiger partial charge >= 0.3 is 7.60 Å². The van der Waals surface area contributed by atoms with Gasteiger partial charge in [0.25, 0.3) is 0 Å². The van der Waals surface area contributed by atoms with Crippen LogP contribution in [-0.2, 0) is 9.36 Å². The van der Waals surface area contributed by atoms with E-state index in [0.717, 1.165) is 6.29 Å². The van der Waals surface area contributed by atoms with E-state index < -0.39 is 19.5 Å². The molecule has 0 heterocycles. The van der Waals surface area contributed by atoms with Crippen LogP contribution in [0.15, 0.2) is 0 Å². The minimum atomic E-state index is -4.79. The van der Waals surface area contributed by atoms with Gasteiger partial charge in [-0.2, -0.15) is 0 Å². The SMILES string of the molecule is O=[C]C(O)C(O)P(=O)(O)O. The fraction of sp³-hybridized carbons (Fsp3) is 0.667. The van der Waals surface area contributed by atoms with Crippen molar-refractivity contribution in [1.29, 1.82) is 0 Å². The Hall–Kier alpha value is -0.260. The Morgan fingerprint density at radius 1 is 1.30 bits per heavy atom. The molecule has 0 spiro atoms. The molecule has 0 aliphatic rings. The molecule has 0 saturated carbocycles. The summed E-state index contributed by atoms with van der Waals surface area (Å²) in [7, 11) is -4.79. The fourth-order valence-electron chi connectivity index (χ4n) is 0.245. The van der Waals surface area contributed by atoms with Gasteiger partial charge in [-0.25, -0.2) is 0 Å². The topological polar surface area (TPSA) is 115 Å². The van der Waals surface area contributed by atoms with Crippen molar-refractivity contribution in [1.82, 2.24) is 0 Å². The summed E-state index contributed by atoms with van der Waals surface area (Å²) in [6.45, 7) is 0. The minimum absolute atomic E-state index is 0.835. The first kappa shape index (κ1) is 9.74. The first-order valence-electron chi connectivity index (χ1n) is 2.18. The minimum Gasteiger partial charge on any atom is -0.381 e. The van der Waals surface area contributed by atoms with Crippen LogP contribution in [0.1, 0.15) is 0 Å². The second-order valence-electron chi connectivity index (χ2n) is 1.57. The molecule has 10 heavy (non-hydrogen) atoms. The first-order chi connectivity index (χ1) is 4.39. The number of rotatable bonds is 3. The van der Waals surface area contributed by atoms with Crippen LogP contribution in [0, 0.1) is 0 Å². The second kappa shape index (κ2) is 3.23. The lowest BCUT2D eigenvalue weighted by Crippen LogP contribution is -2.26. The molecule has 59 valence electrons. The van der Waals surface area contributed by atoms with E-state index >= 15 is 0 Å². The summed E-state index contributed by atoms with van der Waals surface area (Å²) in [5, 5.41) is 16.7. The Labute approximate surface area is 56.3 Å². The van der Waals surface area contributed by atoms with Gasteiger partial charge in [0, 0.05) is 0 Å². The molecule has 0 amide bonds. The smallest absolute Gasteiger partial charge is 0.356 e. The van der Waals surface area contributed by atoms with E-state index in [0.29, 0.717) is 0 Å². The van der Waals surface area contributed by atoms with Crippen LogP contribution < -0.4 is 0 Å². The first-order valence-corrected chi connectivity index (χ1v) is 3.86. The molecule has 0 fully saturated rings. The monoisotopic (exact) mass is 169 g/mol. The van der Waals surface area contributed by atoms with Gasteiger partial charge in [-0.15, -0.1) is 0 Å². The number of hydrogen-bond acceptors (Lipinski definition) is 4. The van der Waals surface area contributed by atoms with Gasteiger partial charge in [0.2, 0.25) is 6.29 Å². The van der Waals surface area contributed by atoms with Gasteiger partial charge in [0.1, 0.15) is 0 Å². The third-order valence-electron chi connectivity index (χ3n) is 0.748. The highest BCUT2D eigenvalue weighted by atomic mass is 31.2. The summed E-state index contributed by atoms with van der Waals surface area (Å²) in [6, 6.07) is 0. The highest BCUT2D eigenvalue weighted by Gasteiger charge is 2.33. The van der Waals surface area contributed by atoms with Gasteiger partial charge in [0.05, 0.1) is 0 Å². The number of carbonyl (C=O) groups excluding carboxylic acids is 1. The maximum atomic E-state index is 10.0. The van der Waals surface area contributed by atoms with Crippen LogP contribution in [0.25, 0.3) is 0 Å². The standard InChI is InChI=1S/C3H6O6P/c4-1-2(5)3(6)10(7,8)9/h2-3,5-6H,(H2,7,8,9). The predicted octanol–water partition coefficient (Wildman–Crippen LogP) is -2.05. The Morgan fingerprint density at radius 2 is 1.70 bits per heavy atom. The van der Waals surface area contributed by atoms with Crippen molar-refractivity contribution in [2.75, 3.05) is 0 Å². The lowest BCUT2D eigenvalue weighted by atomic mass is 10.4. The van der Waals surface area contributed by atoms with Crippen molar-refractivity contribution in [3.05, 3.63) is 0 Å². The predicted molar refractivity (Wildman–Crippen MR) is 29.8 cm³/mol. The molecule has 0 bridgehead atoms. The molecule has 0 saturated heterocycles. The van der Waals surface area contributed by atoms with Gasteiger partial charge in [-0.1, -0.05) is 0 Å². The van der Waals surface area contributed by atoms with Gasteiger partial charge in [-0.3, -0.25) is 9.36 Å². The maximum absolute atomic E-state index is 10.0.